The van der Waals surface area contributed by atoms with Gasteiger partial charge in [-0.1, -0.05) is 72.0 Å². The molecule has 0 spiro atoms. The second-order valence-corrected chi connectivity index (χ2v) is 9.72. The number of nitrogens with zero attached hydrogens (tertiary/aromatic N) is 5. The van der Waals surface area contributed by atoms with Crippen molar-refractivity contribution in [3.8, 4) is 11.3 Å². The molecule has 0 atom stereocenters. The highest BCUT2D eigenvalue weighted by Gasteiger charge is 2.26. The highest BCUT2D eigenvalue weighted by atomic mass is 35.5. The molecule has 1 aliphatic heterocycles. The van der Waals surface area contributed by atoms with Crippen LogP contribution in [0.4, 0.5) is 5.82 Å². The lowest BCUT2D eigenvalue weighted by molar-refractivity contribution is 0.0767. The standard InChI is InChI=1S/C27H27Cl2N5O2/c1-2-3-10-22-30-25(23-24(32-36-26(23)31-22)18-8-5-4-6-9-18)33-13-7-14-34(16-15-33)27(35)19-11-12-20(28)21(29)17-19/h4-6,8-9,11-12,17H,2-3,7,10,13-16H2,1H3. The molecule has 1 saturated heterocycles. The van der Waals surface area contributed by atoms with Crippen molar-refractivity contribution in [2.24, 2.45) is 0 Å². The van der Waals surface area contributed by atoms with E-state index in [1.807, 2.05) is 35.2 Å². The fraction of sp³-hybridized carbons (Fsp3) is 0.333. The van der Waals surface area contributed by atoms with Gasteiger partial charge in [0, 0.05) is 43.7 Å². The van der Waals surface area contributed by atoms with Crippen molar-refractivity contribution in [1.29, 1.82) is 0 Å². The minimum absolute atomic E-state index is 0.0539. The van der Waals surface area contributed by atoms with Gasteiger partial charge in [-0.05, 0) is 31.0 Å². The molecule has 0 N–H and O–H groups in total. The third kappa shape index (κ3) is 5.04. The SMILES string of the molecule is CCCCc1nc(N2CCCN(C(=O)c3ccc(Cl)c(Cl)c3)CC2)c2c(-c3ccccc3)noc2n1. The number of fused-ring (bicyclic) bond motifs is 1. The second-order valence-electron chi connectivity index (χ2n) is 8.91. The monoisotopic (exact) mass is 523 g/mol. The lowest BCUT2D eigenvalue weighted by Gasteiger charge is -2.24. The van der Waals surface area contributed by atoms with Crippen LogP contribution in [0.1, 0.15) is 42.4 Å². The van der Waals surface area contributed by atoms with Gasteiger partial charge in [-0.3, -0.25) is 4.79 Å². The van der Waals surface area contributed by atoms with Gasteiger partial charge in [-0.15, -0.1) is 0 Å². The fourth-order valence-electron chi connectivity index (χ4n) is 4.49. The maximum absolute atomic E-state index is 13.2. The molecule has 7 nitrogen and oxygen atoms in total. The minimum Gasteiger partial charge on any atom is -0.354 e. The molecule has 0 saturated carbocycles. The zero-order valence-electron chi connectivity index (χ0n) is 20.1. The number of aromatic nitrogens is 3. The Bertz CT molecular complexity index is 1380. The molecule has 1 amide bonds. The van der Waals surface area contributed by atoms with Crippen LogP contribution < -0.4 is 4.90 Å². The highest BCUT2D eigenvalue weighted by molar-refractivity contribution is 6.42. The quantitative estimate of drug-likeness (QED) is 0.295. The van der Waals surface area contributed by atoms with E-state index in [0.29, 0.717) is 41.0 Å². The molecular weight excluding hydrogens is 497 g/mol. The number of unbranched alkanes of at least 4 members (excludes halogenated alkanes) is 1. The Balaban J connectivity index is 1.47. The summed E-state index contributed by atoms with van der Waals surface area (Å²) in [6, 6.07) is 14.9. The van der Waals surface area contributed by atoms with E-state index in [1.165, 1.54) is 0 Å². The van der Waals surface area contributed by atoms with Gasteiger partial charge < -0.3 is 14.3 Å². The molecule has 0 radical (unpaired) electrons. The number of amides is 1. The van der Waals surface area contributed by atoms with E-state index in [1.54, 1.807) is 18.2 Å². The number of anilines is 1. The summed E-state index contributed by atoms with van der Waals surface area (Å²) in [6.45, 7) is 4.73. The number of carbonyl (C=O) groups excluding carboxylic acids is 1. The predicted molar refractivity (Wildman–Crippen MR) is 143 cm³/mol. The lowest BCUT2D eigenvalue weighted by atomic mass is 10.1. The Kier molecular flexibility index (Phi) is 7.39. The molecule has 4 aromatic rings. The minimum atomic E-state index is -0.0539. The van der Waals surface area contributed by atoms with Gasteiger partial charge in [0.05, 0.1) is 10.0 Å². The Morgan fingerprint density at radius 1 is 1.00 bits per heavy atom. The summed E-state index contributed by atoms with van der Waals surface area (Å²) < 4.78 is 5.71. The van der Waals surface area contributed by atoms with Gasteiger partial charge in [0.15, 0.2) is 0 Å². The molecule has 1 aliphatic rings. The first-order valence-electron chi connectivity index (χ1n) is 12.3. The zero-order valence-corrected chi connectivity index (χ0v) is 21.6. The summed E-state index contributed by atoms with van der Waals surface area (Å²) in [5, 5.41) is 6.00. The largest absolute Gasteiger partial charge is 0.354 e. The normalized spacial score (nSPS) is 14.3. The van der Waals surface area contributed by atoms with Crippen LogP contribution in [0, 0.1) is 0 Å². The van der Waals surface area contributed by atoms with Crippen LogP contribution in [-0.2, 0) is 6.42 Å². The molecular formula is C27H27Cl2N5O2. The van der Waals surface area contributed by atoms with Crippen molar-refractivity contribution >= 4 is 46.0 Å². The Labute approximate surface area is 220 Å². The van der Waals surface area contributed by atoms with Crippen LogP contribution in [0.15, 0.2) is 53.1 Å². The Hall–Kier alpha value is -3.16. The third-order valence-electron chi connectivity index (χ3n) is 6.41. The summed E-state index contributed by atoms with van der Waals surface area (Å²) in [6.07, 6.45) is 3.62. The van der Waals surface area contributed by atoms with Crippen LogP contribution in [0.5, 0.6) is 0 Å². The molecule has 3 heterocycles. The smallest absolute Gasteiger partial charge is 0.263 e. The topological polar surface area (TPSA) is 75.4 Å². The van der Waals surface area contributed by atoms with Gasteiger partial charge in [-0.2, -0.15) is 4.98 Å². The number of benzene rings is 2. The maximum atomic E-state index is 13.2. The van der Waals surface area contributed by atoms with E-state index in [4.69, 9.17) is 32.7 Å². The average molecular weight is 524 g/mol. The second kappa shape index (κ2) is 10.8. The van der Waals surface area contributed by atoms with E-state index in [2.05, 4.69) is 22.0 Å². The van der Waals surface area contributed by atoms with E-state index >= 15 is 0 Å². The third-order valence-corrected chi connectivity index (χ3v) is 7.15. The van der Waals surface area contributed by atoms with Crippen LogP contribution in [0.3, 0.4) is 0 Å². The number of halogens is 2. The van der Waals surface area contributed by atoms with Crippen molar-refractivity contribution in [3.63, 3.8) is 0 Å². The van der Waals surface area contributed by atoms with Crippen molar-refractivity contribution in [2.75, 3.05) is 31.1 Å². The summed E-state index contributed by atoms with van der Waals surface area (Å²) in [5.74, 6) is 1.51. The molecule has 0 unspecified atom stereocenters. The summed E-state index contributed by atoms with van der Waals surface area (Å²) in [5.41, 5.74) is 2.72. The number of aryl methyl sites for hydroxylation is 1. The van der Waals surface area contributed by atoms with Gasteiger partial charge in [0.1, 0.15) is 22.7 Å². The summed E-state index contributed by atoms with van der Waals surface area (Å²) in [7, 11) is 0. The van der Waals surface area contributed by atoms with E-state index in [9.17, 15) is 4.79 Å². The predicted octanol–water partition coefficient (Wildman–Crippen LogP) is 6.29. The van der Waals surface area contributed by atoms with Crippen LogP contribution in [0.2, 0.25) is 10.0 Å². The number of rotatable bonds is 6. The Morgan fingerprint density at radius 2 is 1.83 bits per heavy atom. The summed E-state index contributed by atoms with van der Waals surface area (Å²) in [4.78, 5) is 27.0. The maximum Gasteiger partial charge on any atom is 0.263 e. The van der Waals surface area contributed by atoms with Gasteiger partial charge >= 0.3 is 0 Å². The number of hydrogen-bond acceptors (Lipinski definition) is 6. The fourth-order valence-corrected chi connectivity index (χ4v) is 4.79. The zero-order chi connectivity index (χ0) is 25.1. The van der Waals surface area contributed by atoms with Crippen LogP contribution >= 0.6 is 23.2 Å². The van der Waals surface area contributed by atoms with E-state index in [0.717, 1.165) is 60.5 Å². The molecule has 0 bridgehead atoms. The van der Waals surface area contributed by atoms with Gasteiger partial charge in [0.2, 0.25) is 0 Å². The van der Waals surface area contributed by atoms with E-state index < -0.39 is 0 Å². The van der Waals surface area contributed by atoms with E-state index in [-0.39, 0.29) is 5.91 Å². The molecule has 1 fully saturated rings. The lowest BCUT2D eigenvalue weighted by Crippen LogP contribution is -2.35. The summed E-state index contributed by atoms with van der Waals surface area (Å²) >= 11 is 12.2. The molecule has 36 heavy (non-hydrogen) atoms. The first-order valence-corrected chi connectivity index (χ1v) is 13.0. The van der Waals surface area contributed by atoms with Crippen molar-refractivity contribution in [3.05, 3.63) is 70.0 Å². The number of hydrogen-bond donors (Lipinski definition) is 0. The first-order chi connectivity index (χ1) is 17.5. The number of carbonyl (C=O) groups is 1. The molecule has 9 heteroatoms. The van der Waals surface area contributed by atoms with Crippen molar-refractivity contribution in [2.45, 2.75) is 32.6 Å². The molecule has 0 aliphatic carbocycles. The van der Waals surface area contributed by atoms with Crippen molar-refractivity contribution in [1.82, 2.24) is 20.0 Å². The van der Waals surface area contributed by atoms with Gasteiger partial charge in [-0.25, -0.2) is 4.98 Å². The average Bonchev–Trinajstić information content (AvgIpc) is 3.17. The molecule has 5 rings (SSSR count). The Morgan fingerprint density at radius 3 is 2.61 bits per heavy atom. The molecule has 186 valence electrons. The van der Waals surface area contributed by atoms with Crippen LogP contribution in [0.25, 0.3) is 22.4 Å². The molecule has 2 aromatic heterocycles. The highest BCUT2D eigenvalue weighted by Crippen LogP contribution is 2.34. The molecule has 2 aromatic carbocycles. The van der Waals surface area contributed by atoms with Crippen LogP contribution in [-0.4, -0.2) is 52.1 Å². The van der Waals surface area contributed by atoms with Crippen molar-refractivity contribution < 1.29 is 9.32 Å². The van der Waals surface area contributed by atoms with Gasteiger partial charge in [0.25, 0.3) is 11.6 Å². The first kappa shape index (κ1) is 24.5.